The van der Waals surface area contributed by atoms with E-state index in [-0.39, 0.29) is 29.1 Å². The van der Waals surface area contributed by atoms with Crippen LogP contribution in [0.5, 0.6) is 0 Å². The quantitative estimate of drug-likeness (QED) is 0.468. The molecule has 0 unspecified atom stereocenters. The smallest absolute Gasteiger partial charge is 0.293 e. The second kappa shape index (κ2) is 8.26. The van der Waals surface area contributed by atoms with E-state index in [1.807, 2.05) is 0 Å². The van der Waals surface area contributed by atoms with Gasteiger partial charge in [0.1, 0.15) is 5.69 Å². The van der Waals surface area contributed by atoms with E-state index in [4.69, 9.17) is 0 Å². The fraction of sp³-hybridized carbons (Fsp3) is 0.500. The monoisotopic (exact) mass is 376 g/mol. The molecular weight excluding hydrogens is 356 g/mol. The van der Waals surface area contributed by atoms with Crippen molar-refractivity contribution in [3.8, 4) is 0 Å². The molecule has 1 fully saturated rings. The summed E-state index contributed by atoms with van der Waals surface area (Å²) < 4.78 is 1.80. The number of nitrogens with one attached hydrogen (secondary N) is 1. The molecule has 1 saturated carbocycles. The topological polar surface area (TPSA) is 116 Å². The zero-order chi connectivity index (χ0) is 18.5. The molecule has 3 rings (SSSR count). The maximum Gasteiger partial charge on any atom is 0.293 e. The minimum atomic E-state index is -0.501. The summed E-state index contributed by atoms with van der Waals surface area (Å²) in [5.41, 5.74) is 0.837. The molecule has 26 heavy (non-hydrogen) atoms. The minimum Gasteiger partial charge on any atom is -0.320 e. The van der Waals surface area contributed by atoms with Crippen LogP contribution >= 0.6 is 11.8 Å². The van der Waals surface area contributed by atoms with Crippen molar-refractivity contribution in [1.82, 2.24) is 20.2 Å². The van der Waals surface area contributed by atoms with E-state index in [9.17, 15) is 14.9 Å². The molecule has 0 saturated heterocycles. The Kier molecular flexibility index (Phi) is 5.82. The number of rotatable bonds is 6. The van der Waals surface area contributed by atoms with E-state index in [1.165, 1.54) is 24.2 Å². The Balaban J connectivity index is 1.62. The second-order valence-corrected chi connectivity index (χ2v) is 7.25. The molecule has 1 amide bonds. The lowest BCUT2D eigenvalue weighted by Gasteiger charge is -2.21. The molecule has 9 nitrogen and oxygen atoms in total. The van der Waals surface area contributed by atoms with Crippen molar-refractivity contribution in [2.24, 2.45) is 0 Å². The molecule has 0 atom stereocenters. The molecule has 2 aromatic rings. The number of anilines is 1. The largest absolute Gasteiger partial charge is 0.320 e. The first-order chi connectivity index (χ1) is 12.5. The molecule has 0 bridgehead atoms. The summed E-state index contributed by atoms with van der Waals surface area (Å²) in [6.45, 7) is 1.76. The molecule has 10 heteroatoms. The third kappa shape index (κ3) is 4.37. The molecule has 138 valence electrons. The first kappa shape index (κ1) is 18.3. The van der Waals surface area contributed by atoms with Crippen LogP contribution in [0.15, 0.2) is 23.4 Å². The first-order valence-electron chi connectivity index (χ1n) is 8.50. The highest BCUT2D eigenvalue weighted by Crippen LogP contribution is 2.30. The maximum absolute atomic E-state index is 12.2. The Morgan fingerprint density at radius 1 is 1.38 bits per heavy atom. The number of carbonyl (C=O) groups excluding carboxylic acids is 1. The van der Waals surface area contributed by atoms with Crippen molar-refractivity contribution in [1.29, 1.82) is 0 Å². The summed E-state index contributed by atoms with van der Waals surface area (Å²) in [5, 5.41) is 26.1. The molecule has 1 aromatic heterocycles. The Morgan fingerprint density at radius 3 is 2.88 bits per heavy atom. The van der Waals surface area contributed by atoms with Gasteiger partial charge in [0.25, 0.3) is 5.69 Å². The summed E-state index contributed by atoms with van der Waals surface area (Å²) in [6, 6.07) is 4.98. The van der Waals surface area contributed by atoms with Crippen molar-refractivity contribution >= 4 is 29.0 Å². The summed E-state index contributed by atoms with van der Waals surface area (Å²) in [7, 11) is 0. The van der Waals surface area contributed by atoms with Gasteiger partial charge in [0.05, 0.1) is 16.7 Å². The summed E-state index contributed by atoms with van der Waals surface area (Å²) in [5.74, 6) is -0.252. The van der Waals surface area contributed by atoms with Gasteiger partial charge >= 0.3 is 0 Å². The van der Waals surface area contributed by atoms with Crippen LogP contribution < -0.4 is 5.32 Å². The average Bonchev–Trinajstić information content (AvgIpc) is 3.10. The van der Waals surface area contributed by atoms with Gasteiger partial charge in [-0.25, -0.2) is 4.68 Å². The van der Waals surface area contributed by atoms with Crippen LogP contribution in [0.2, 0.25) is 0 Å². The number of nitro groups is 1. The second-order valence-electron chi connectivity index (χ2n) is 6.31. The number of thioether (sulfide) groups is 1. The van der Waals surface area contributed by atoms with E-state index in [0.29, 0.717) is 5.16 Å². The number of tetrazole rings is 1. The van der Waals surface area contributed by atoms with Gasteiger partial charge in [-0.2, -0.15) is 0 Å². The number of nitrogens with zero attached hydrogens (tertiary/aromatic N) is 5. The molecule has 1 aromatic carbocycles. The predicted molar refractivity (Wildman–Crippen MR) is 97.1 cm³/mol. The average molecular weight is 376 g/mol. The summed E-state index contributed by atoms with van der Waals surface area (Å²) >= 11 is 1.24. The van der Waals surface area contributed by atoms with E-state index < -0.39 is 4.92 Å². The standard InChI is InChI=1S/C16H20N6O3S/c1-11-7-8-13(14(9-11)22(24)25)17-15(23)10-26-16-18-19-20-21(16)12-5-3-2-4-6-12/h7-9,12H,2-6,10H2,1H3,(H,17,23). The zero-order valence-corrected chi connectivity index (χ0v) is 15.2. The van der Waals surface area contributed by atoms with Crippen molar-refractivity contribution < 1.29 is 9.72 Å². The lowest BCUT2D eigenvalue weighted by atomic mass is 9.96. The van der Waals surface area contributed by atoms with Gasteiger partial charge in [0.15, 0.2) is 0 Å². The number of nitro benzene ring substituents is 1. The fourth-order valence-corrected chi connectivity index (χ4v) is 3.79. The minimum absolute atomic E-state index is 0.0815. The van der Waals surface area contributed by atoms with Gasteiger partial charge in [-0.05, 0) is 41.8 Å². The van der Waals surface area contributed by atoms with Crippen LogP contribution in [0, 0.1) is 17.0 Å². The highest BCUT2D eigenvalue weighted by atomic mass is 32.2. The van der Waals surface area contributed by atoms with Gasteiger partial charge in [0.2, 0.25) is 11.1 Å². The summed E-state index contributed by atoms with van der Waals surface area (Å²) in [4.78, 5) is 22.9. The van der Waals surface area contributed by atoms with Crippen LogP contribution in [-0.2, 0) is 4.79 Å². The Labute approximate surface area is 154 Å². The predicted octanol–water partition coefficient (Wildman–Crippen LogP) is 3.13. The molecule has 1 aliphatic carbocycles. The molecule has 1 heterocycles. The molecular formula is C16H20N6O3S. The van der Waals surface area contributed by atoms with Crippen molar-refractivity contribution in [2.45, 2.75) is 50.2 Å². The van der Waals surface area contributed by atoms with Gasteiger partial charge in [-0.3, -0.25) is 14.9 Å². The van der Waals surface area contributed by atoms with E-state index in [1.54, 1.807) is 23.7 Å². The van der Waals surface area contributed by atoms with E-state index in [2.05, 4.69) is 20.8 Å². The van der Waals surface area contributed by atoms with Gasteiger partial charge in [0, 0.05) is 6.07 Å². The van der Waals surface area contributed by atoms with Crippen LogP contribution in [0.1, 0.15) is 43.7 Å². The first-order valence-corrected chi connectivity index (χ1v) is 9.48. The SMILES string of the molecule is Cc1ccc(NC(=O)CSc2nnnn2C2CCCCC2)c([N+](=O)[O-])c1. The molecule has 0 radical (unpaired) electrons. The van der Waals surface area contributed by atoms with Gasteiger partial charge in [-0.1, -0.05) is 37.1 Å². The molecule has 1 aliphatic rings. The summed E-state index contributed by atoms with van der Waals surface area (Å²) in [6.07, 6.45) is 5.64. The molecule has 0 aliphatic heterocycles. The Hall–Kier alpha value is -2.49. The number of amides is 1. The lowest BCUT2D eigenvalue weighted by molar-refractivity contribution is -0.384. The van der Waals surface area contributed by atoms with E-state index >= 15 is 0 Å². The van der Waals surface area contributed by atoms with Gasteiger partial charge in [-0.15, -0.1) is 5.10 Å². The molecule has 1 N–H and O–H groups in total. The van der Waals surface area contributed by atoms with Crippen LogP contribution in [-0.4, -0.2) is 36.8 Å². The van der Waals surface area contributed by atoms with Crippen LogP contribution in [0.25, 0.3) is 0 Å². The van der Waals surface area contributed by atoms with Crippen molar-refractivity contribution in [3.63, 3.8) is 0 Å². The third-order valence-corrected chi connectivity index (χ3v) is 5.27. The number of carbonyl (C=O) groups is 1. The highest BCUT2D eigenvalue weighted by molar-refractivity contribution is 7.99. The Morgan fingerprint density at radius 2 is 2.15 bits per heavy atom. The lowest BCUT2D eigenvalue weighted by Crippen LogP contribution is -2.18. The zero-order valence-electron chi connectivity index (χ0n) is 14.4. The maximum atomic E-state index is 12.2. The van der Waals surface area contributed by atoms with Crippen LogP contribution in [0.3, 0.4) is 0 Å². The van der Waals surface area contributed by atoms with Crippen molar-refractivity contribution in [3.05, 3.63) is 33.9 Å². The number of aryl methyl sites for hydroxylation is 1. The fourth-order valence-electron chi connectivity index (χ4n) is 3.05. The number of aromatic nitrogens is 4. The molecule has 0 spiro atoms. The number of benzene rings is 1. The highest BCUT2D eigenvalue weighted by Gasteiger charge is 2.21. The van der Waals surface area contributed by atoms with Crippen LogP contribution in [0.4, 0.5) is 11.4 Å². The number of hydrogen-bond donors (Lipinski definition) is 1. The normalized spacial score (nSPS) is 15.0. The number of hydrogen-bond acceptors (Lipinski definition) is 7. The van der Waals surface area contributed by atoms with E-state index in [0.717, 1.165) is 31.2 Å². The third-order valence-electron chi connectivity index (χ3n) is 4.34. The Bertz CT molecular complexity index is 803. The van der Waals surface area contributed by atoms with Gasteiger partial charge < -0.3 is 5.32 Å². The van der Waals surface area contributed by atoms with Crippen molar-refractivity contribution in [2.75, 3.05) is 11.1 Å².